The van der Waals surface area contributed by atoms with Crippen molar-refractivity contribution >= 4 is 5.96 Å². The van der Waals surface area contributed by atoms with Crippen LogP contribution in [0.15, 0.2) is 4.99 Å². The van der Waals surface area contributed by atoms with Gasteiger partial charge in [-0.05, 0) is 43.9 Å². The highest BCUT2D eigenvalue weighted by Crippen LogP contribution is 2.33. The number of methoxy groups -OCH3 is 1. The third-order valence-electron chi connectivity index (χ3n) is 4.45. The highest BCUT2D eigenvalue weighted by molar-refractivity contribution is 5.80. The Hall–Kier alpha value is -0.770. The zero-order valence-electron chi connectivity index (χ0n) is 14.6. The number of piperidine rings is 1. The minimum atomic E-state index is 0.461. The lowest BCUT2D eigenvalue weighted by Gasteiger charge is -2.42. The van der Waals surface area contributed by atoms with Crippen LogP contribution in [0.2, 0.25) is 0 Å². The van der Waals surface area contributed by atoms with E-state index in [1.165, 1.54) is 38.5 Å². The van der Waals surface area contributed by atoms with E-state index in [0.717, 1.165) is 38.6 Å². The maximum atomic E-state index is 5.08. The second-order valence-corrected chi connectivity index (χ2v) is 6.61. The van der Waals surface area contributed by atoms with Crippen molar-refractivity contribution in [1.82, 2.24) is 10.2 Å². The molecule has 1 aliphatic heterocycles. The number of guanidine groups is 1. The number of hydrogen-bond acceptors (Lipinski definition) is 2. The molecule has 0 aromatic carbocycles. The predicted octanol–water partition coefficient (Wildman–Crippen LogP) is 3.28. The molecule has 1 heterocycles. The van der Waals surface area contributed by atoms with Gasteiger partial charge in [0, 0.05) is 40.4 Å². The van der Waals surface area contributed by atoms with Crippen LogP contribution >= 0.6 is 0 Å². The largest absolute Gasteiger partial charge is 0.385 e. The summed E-state index contributed by atoms with van der Waals surface area (Å²) in [5.74, 6) is 1.09. The normalized spacial score (nSPS) is 23.4. The minimum absolute atomic E-state index is 0.461. The molecule has 0 saturated carbocycles. The Morgan fingerprint density at radius 3 is 2.81 bits per heavy atom. The third kappa shape index (κ3) is 6.68. The van der Waals surface area contributed by atoms with Crippen molar-refractivity contribution in [2.45, 2.75) is 58.8 Å². The molecule has 1 aliphatic rings. The first kappa shape index (κ1) is 18.3. The molecule has 0 aromatic rings. The molecular formula is C17H35N3O. The Kier molecular flexibility index (Phi) is 8.74. The molecule has 4 nitrogen and oxygen atoms in total. The Bertz CT molecular complexity index is 302. The molecule has 1 unspecified atom stereocenters. The third-order valence-corrected chi connectivity index (χ3v) is 4.45. The summed E-state index contributed by atoms with van der Waals surface area (Å²) in [6.45, 7) is 8.89. The van der Waals surface area contributed by atoms with Crippen LogP contribution in [0.5, 0.6) is 0 Å². The molecule has 0 amide bonds. The molecule has 0 aliphatic carbocycles. The van der Waals surface area contributed by atoms with Gasteiger partial charge in [0.25, 0.3) is 0 Å². The van der Waals surface area contributed by atoms with Gasteiger partial charge in [0.2, 0.25) is 0 Å². The van der Waals surface area contributed by atoms with Crippen molar-refractivity contribution in [1.29, 1.82) is 0 Å². The Labute approximate surface area is 131 Å². The molecule has 1 saturated heterocycles. The predicted molar refractivity (Wildman–Crippen MR) is 90.9 cm³/mol. The molecule has 0 radical (unpaired) electrons. The average Bonchev–Trinajstić information content (AvgIpc) is 2.46. The Morgan fingerprint density at radius 1 is 1.33 bits per heavy atom. The molecule has 1 rings (SSSR count). The topological polar surface area (TPSA) is 36.9 Å². The van der Waals surface area contributed by atoms with E-state index < -0.39 is 0 Å². The minimum Gasteiger partial charge on any atom is -0.385 e. The van der Waals surface area contributed by atoms with Gasteiger partial charge in [-0.2, -0.15) is 0 Å². The van der Waals surface area contributed by atoms with Crippen molar-refractivity contribution in [3.63, 3.8) is 0 Å². The smallest absolute Gasteiger partial charge is 0.193 e. The zero-order valence-corrected chi connectivity index (χ0v) is 14.6. The number of nitrogens with zero attached hydrogens (tertiary/aromatic N) is 2. The number of likely N-dealkylation sites (tertiary alicyclic amines) is 1. The fourth-order valence-electron chi connectivity index (χ4n) is 3.38. The number of nitrogens with one attached hydrogen (secondary N) is 1. The summed E-state index contributed by atoms with van der Waals surface area (Å²) in [5.41, 5.74) is 0.461. The molecule has 1 atom stereocenters. The van der Waals surface area contributed by atoms with Crippen LogP contribution in [0.3, 0.4) is 0 Å². The summed E-state index contributed by atoms with van der Waals surface area (Å²) in [4.78, 5) is 6.93. The van der Waals surface area contributed by atoms with Crippen LogP contribution < -0.4 is 5.32 Å². The van der Waals surface area contributed by atoms with Crippen LogP contribution in [0, 0.1) is 5.41 Å². The van der Waals surface area contributed by atoms with Gasteiger partial charge in [0.05, 0.1) is 0 Å². The number of rotatable bonds is 8. The van der Waals surface area contributed by atoms with Crippen LogP contribution in [-0.4, -0.2) is 51.3 Å². The van der Waals surface area contributed by atoms with Gasteiger partial charge in [0.15, 0.2) is 5.96 Å². The summed E-state index contributed by atoms with van der Waals surface area (Å²) in [7, 11) is 3.67. The van der Waals surface area contributed by atoms with Gasteiger partial charge >= 0.3 is 0 Å². The fourth-order valence-corrected chi connectivity index (χ4v) is 3.38. The summed E-state index contributed by atoms with van der Waals surface area (Å²) in [5, 5.41) is 3.53. The van der Waals surface area contributed by atoms with E-state index in [-0.39, 0.29) is 0 Å². The van der Waals surface area contributed by atoms with E-state index in [2.05, 4.69) is 29.1 Å². The van der Waals surface area contributed by atoms with Crippen molar-refractivity contribution in [3.8, 4) is 0 Å². The highest BCUT2D eigenvalue weighted by Gasteiger charge is 2.31. The van der Waals surface area contributed by atoms with Crippen LogP contribution in [0.4, 0.5) is 0 Å². The first-order valence-electron chi connectivity index (χ1n) is 8.60. The maximum absolute atomic E-state index is 5.08. The first-order chi connectivity index (χ1) is 10.1. The molecule has 1 N–H and O–H groups in total. The van der Waals surface area contributed by atoms with E-state index in [4.69, 9.17) is 4.74 Å². The molecular weight excluding hydrogens is 262 g/mol. The lowest BCUT2D eigenvalue weighted by atomic mass is 9.78. The van der Waals surface area contributed by atoms with E-state index in [1.807, 2.05) is 7.05 Å². The van der Waals surface area contributed by atoms with Crippen molar-refractivity contribution in [2.24, 2.45) is 10.4 Å². The second kappa shape index (κ2) is 10.0. The zero-order chi connectivity index (χ0) is 15.6. The maximum Gasteiger partial charge on any atom is 0.193 e. The van der Waals surface area contributed by atoms with Gasteiger partial charge in [-0.25, -0.2) is 0 Å². The van der Waals surface area contributed by atoms with Crippen molar-refractivity contribution in [3.05, 3.63) is 0 Å². The summed E-state index contributed by atoms with van der Waals surface area (Å²) in [6.07, 6.45) is 8.77. The number of hydrogen-bond donors (Lipinski definition) is 1. The summed E-state index contributed by atoms with van der Waals surface area (Å²) < 4.78 is 5.08. The lowest BCUT2D eigenvalue weighted by Crippen LogP contribution is -2.49. The molecule has 21 heavy (non-hydrogen) atoms. The van der Waals surface area contributed by atoms with Gasteiger partial charge in [-0.1, -0.05) is 20.3 Å². The molecule has 0 spiro atoms. The molecule has 4 heteroatoms. The molecule has 124 valence electrons. The number of unbranched alkanes of at least 4 members (excludes halogenated alkanes) is 2. The van der Waals surface area contributed by atoms with Gasteiger partial charge in [-0.3, -0.25) is 4.99 Å². The first-order valence-corrected chi connectivity index (χ1v) is 8.60. The quantitative estimate of drug-likeness (QED) is 0.424. The SMILES string of the molecule is CCCC1(C)CCCN(C(=NC)NCCCCCOC)C1. The van der Waals surface area contributed by atoms with E-state index >= 15 is 0 Å². The molecule has 0 aromatic heterocycles. The van der Waals surface area contributed by atoms with Gasteiger partial charge < -0.3 is 15.0 Å². The summed E-state index contributed by atoms with van der Waals surface area (Å²) >= 11 is 0. The van der Waals surface area contributed by atoms with Crippen LogP contribution in [-0.2, 0) is 4.74 Å². The lowest BCUT2D eigenvalue weighted by molar-refractivity contribution is 0.142. The van der Waals surface area contributed by atoms with Gasteiger partial charge in [-0.15, -0.1) is 0 Å². The van der Waals surface area contributed by atoms with E-state index in [9.17, 15) is 0 Å². The highest BCUT2D eigenvalue weighted by atomic mass is 16.5. The monoisotopic (exact) mass is 297 g/mol. The number of ether oxygens (including phenoxy) is 1. The Morgan fingerprint density at radius 2 is 2.14 bits per heavy atom. The van der Waals surface area contributed by atoms with Crippen molar-refractivity contribution in [2.75, 3.05) is 40.4 Å². The second-order valence-electron chi connectivity index (χ2n) is 6.61. The Balaban J connectivity index is 2.34. The molecule has 1 fully saturated rings. The van der Waals surface area contributed by atoms with Gasteiger partial charge in [0.1, 0.15) is 0 Å². The average molecular weight is 297 g/mol. The standard InChI is InChI=1S/C17H35N3O/c1-5-10-17(2)11-9-13-20(15-17)16(18-3)19-12-7-6-8-14-21-4/h5-15H2,1-4H3,(H,18,19). The fraction of sp³-hybridized carbons (Fsp3) is 0.941. The number of aliphatic imine (C=N–C) groups is 1. The van der Waals surface area contributed by atoms with Crippen LogP contribution in [0.1, 0.15) is 58.8 Å². The van der Waals surface area contributed by atoms with Crippen molar-refractivity contribution < 1.29 is 4.74 Å². The van der Waals surface area contributed by atoms with Crippen LogP contribution in [0.25, 0.3) is 0 Å². The van der Waals surface area contributed by atoms with E-state index in [0.29, 0.717) is 5.41 Å². The molecule has 0 bridgehead atoms. The van der Waals surface area contributed by atoms with E-state index in [1.54, 1.807) is 7.11 Å². The summed E-state index contributed by atoms with van der Waals surface area (Å²) in [6, 6.07) is 0.